The predicted octanol–water partition coefficient (Wildman–Crippen LogP) is 1.98. The third-order valence-corrected chi connectivity index (χ3v) is 3.29. The maximum absolute atomic E-state index is 5.68. The fraction of sp³-hybridized carbons (Fsp3) is 0.714. The summed E-state index contributed by atoms with van der Waals surface area (Å²) in [7, 11) is 1.69. The van der Waals surface area contributed by atoms with Gasteiger partial charge >= 0.3 is 0 Å². The van der Waals surface area contributed by atoms with Crippen molar-refractivity contribution < 1.29 is 4.74 Å². The molecule has 0 spiro atoms. The van der Waals surface area contributed by atoms with Gasteiger partial charge in [-0.25, -0.2) is 9.97 Å². The fourth-order valence-electron chi connectivity index (χ4n) is 1.96. The molecule has 0 aromatic carbocycles. The lowest BCUT2D eigenvalue weighted by molar-refractivity contribution is 0.0110. The Labute approximate surface area is 110 Å². The average Bonchev–Trinajstić information content (AvgIpc) is 2.38. The number of rotatable bonds is 6. The van der Waals surface area contributed by atoms with Crippen LogP contribution >= 0.6 is 0 Å². The van der Waals surface area contributed by atoms with Gasteiger partial charge in [0.15, 0.2) is 5.82 Å². The first kappa shape index (κ1) is 15.1. The highest BCUT2D eigenvalue weighted by atomic mass is 16.5. The molecule has 1 heterocycles. The van der Waals surface area contributed by atoms with Crippen LogP contribution in [0.15, 0.2) is 0 Å². The van der Waals surface area contributed by atoms with E-state index in [1.54, 1.807) is 7.11 Å². The Hall–Kier alpha value is -1.00. The summed E-state index contributed by atoms with van der Waals surface area (Å²) in [6, 6.07) is 0. The van der Waals surface area contributed by atoms with Crippen LogP contribution in [0.2, 0.25) is 0 Å². The molecule has 1 aromatic rings. The lowest BCUT2D eigenvalue weighted by Crippen LogP contribution is -2.25. The molecule has 0 saturated carbocycles. The molecule has 0 radical (unpaired) electrons. The molecule has 1 aromatic heterocycles. The molecule has 0 unspecified atom stereocenters. The topological polar surface area (TPSA) is 61.0 Å². The Balaban J connectivity index is 3.34. The minimum absolute atomic E-state index is 0.449. The summed E-state index contributed by atoms with van der Waals surface area (Å²) in [4.78, 5) is 9.34. The van der Waals surface area contributed by atoms with Gasteiger partial charge in [-0.3, -0.25) is 0 Å². The van der Waals surface area contributed by atoms with Crippen molar-refractivity contribution in [3.63, 3.8) is 0 Å². The zero-order valence-electron chi connectivity index (χ0n) is 12.2. The fourth-order valence-corrected chi connectivity index (χ4v) is 1.96. The van der Waals surface area contributed by atoms with Crippen LogP contribution in [0, 0.1) is 0 Å². The maximum atomic E-state index is 5.68. The average molecular weight is 251 g/mol. The Morgan fingerprint density at radius 2 is 1.61 bits per heavy atom. The Morgan fingerprint density at radius 3 is 1.94 bits per heavy atom. The van der Waals surface area contributed by atoms with E-state index in [1.165, 1.54) is 5.56 Å². The van der Waals surface area contributed by atoms with Gasteiger partial charge in [0.25, 0.3) is 0 Å². The van der Waals surface area contributed by atoms with Crippen LogP contribution in [0.4, 0.5) is 0 Å². The van der Waals surface area contributed by atoms with Crippen molar-refractivity contribution in [2.24, 2.45) is 5.73 Å². The quantitative estimate of drug-likeness (QED) is 0.840. The second-order valence-corrected chi connectivity index (χ2v) is 4.88. The Morgan fingerprint density at radius 1 is 1.11 bits per heavy atom. The van der Waals surface area contributed by atoms with Crippen molar-refractivity contribution in [1.29, 1.82) is 0 Å². The highest BCUT2D eigenvalue weighted by Crippen LogP contribution is 2.23. The summed E-state index contributed by atoms with van der Waals surface area (Å²) in [6.07, 6.45) is 2.65. The minimum atomic E-state index is -0.449. The summed E-state index contributed by atoms with van der Waals surface area (Å²) in [6.45, 7) is 8.85. The van der Waals surface area contributed by atoms with Crippen molar-refractivity contribution in [2.45, 2.75) is 52.6 Å². The van der Waals surface area contributed by atoms with Crippen LogP contribution < -0.4 is 5.73 Å². The number of nitrogens with two attached hydrogens (primary N) is 1. The van der Waals surface area contributed by atoms with Crippen molar-refractivity contribution in [3.8, 4) is 0 Å². The second-order valence-electron chi connectivity index (χ2n) is 4.88. The zero-order chi connectivity index (χ0) is 13.8. The van der Waals surface area contributed by atoms with Crippen LogP contribution in [0.1, 0.15) is 50.5 Å². The Kier molecular flexibility index (Phi) is 5.23. The first-order valence-electron chi connectivity index (χ1n) is 6.64. The third kappa shape index (κ3) is 3.06. The molecule has 0 bridgehead atoms. The van der Waals surface area contributed by atoms with Crippen molar-refractivity contribution in [2.75, 3.05) is 13.7 Å². The molecule has 0 saturated heterocycles. The lowest BCUT2D eigenvalue weighted by Gasteiger charge is -2.23. The summed E-state index contributed by atoms with van der Waals surface area (Å²) < 4.78 is 5.47. The van der Waals surface area contributed by atoms with Crippen LogP contribution in [0.5, 0.6) is 0 Å². The molecule has 2 N–H and O–H groups in total. The van der Waals surface area contributed by atoms with E-state index in [0.29, 0.717) is 6.54 Å². The van der Waals surface area contributed by atoms with E-state index >= 15 is 0 Å². The first-order valence-corrected chi connectivity index (χ1v) is 6.64. The van der Waals surface area contributed by atoms with Gasteiger partial charge in [-0.2, -0.15) is 0 Å². The number of aryl methyl sites for hydroxylation is 2. The van der Waals surface area contributed by atoms with E-state index in [-0.39, 0.29) is 0 Å². The Bertz CT molecular complexity index is 377. The maximum Gasteiger partial charge on any atom is 0.160 e. The number of hydrogen-bond donors (Lipinski definition) is 1. The monoisotopic (exact) mass is 251 g/mol. The molecule has 18 heavy (non-hydrogen) atoms. The van der Waals surface area contributed by atoms with E-state index in [4.69, 9.17) is 10.5 Å². The number of aromatic nitrogens is 2. The molecule has 4 heteroatoms. The third-order valence-electron chi connectivity index (χ3n) is 3.29. The number of hydrogen-bond acceptors (Lipinski definition) is 4. The van der Waals surface area contributed by atoms with Gasteiger partial charge in [0.05, 0.1) is 0 Å². The minimum Gasteiger partial charge on any atom is -0.371 e. The van der Waals surface area contributed by atoms with Gasteiger partial charge in [-0.15, -0.1) is 0 Å². The van der Waals surface area contributed by atoms with Crippen molar-refractivity contribution >= 4 is 0 Å². The lowest BCUT2D eigenvalue weighted by atomic mass is 10.0. The highest BCUT2D eigenvalue weighted by Gasteiger charge is 2.25. The summed E-state index contributed by atoms with van der Waals surface area (Å²) >= 11 is 0. The highest BCUT2D eigenvalue weighted by molar-refractivity contribution is 5.28. The van der Waals surface area contributed by atoms with Gasteiger partial charge in [-0.1, -0.05) is 13.8 Å². The summed E-state index contributed by atoms with van der Waals surface area (Å²) in [5.74, 6) is 0.763. The largest absolute Gasteiger partial charge is 0.371 e. The van der Waals surface area contributed by atoms with E-state index in [0.717, 1.165) is 36.5 Å². The van der Waals surface area contributed by atoms with E-state index in [2.05, 4.69) is 23.8 Å². The van der Waals surface area contributed by atoms with Crippen LogP contribution in [0.25, 0.3) is 0 Å². The van der Waals surface area contributed by atoms with Gasteiger partial charge in [0, 0.05) is 18.5 Å². The summed E-state index contributed by atoms with van der Waals surface area (Å²) in [5, 5.41) is 0. The smallest absolute Gasteiger partial charge is 0.160 e. The molecule has 4 nitrogen and oxygen atoms in total. The number of ether oxygens (including phenoxy) is 1. The van der Waals surface area contributed by atoms with E-state index in [9.17, 15) is 0 Å². The number of nitrogens with zero attached hydrogens (tertiary/aromatic N) is 2. The van der Waals surface area contributed by atoms with Crippen molar-refractivity contribution in [3.05, 3.63) is 22.8 Å². The van der Waals surface area contributed by atoms with Crippen LogP contribution in [0.3, 0.4) is 0 Å². The van der Waals surface area contributed by atoms with Crippen LogP contribution in [-0.2, 0) is 29.6 Å². The molecule has 1 rings (SSSR count). The normalized spacial score (nSPS) is 11.9. The van der Waals surface area contributed by atoms with Crippen LogP contribution in [-0.4, -0.2) is 23.6 Å². The standard InChI is InChI=1S/C14H25N3O/c1-6-11-10(8-9-15)12(7-2)17-13(16-11)14(3,4)18-5/h6-9,15H2,1-5H3. The van der Waals surface area contributed by atoms with Crippen molar-refractivity contribution in [1.82, 2.24) is 9.97 Å². The molecular formula is C14H25N3O. The second kappa shape index (κ2) is 6.25. The molecule has 0 fully saturated rings. The molecular weight excluding hydrogens is 226 g/mol. The molecule has 0 atom stereocenters. The zero-order valence-corrected chi connectivity index (χ0v) is 12.2. The predicted molar refractivity (Wildman–Crippen MR) is 73.6 cm³/mol. The van der Waals surface area contributed by atoms with E-state index in [1.807, 2.05) is 13.8 Å². The van der Waals surface area contributed by atoms with Gasteiger partial charge < -0.3 is 10.5 Å². The van der Waals surface area contributed by atoms with E-state index < -0.39 is 5.60 Å². The van der Waals surface area contributed by atoms with Gasteiger partial charge in [-0.05, 0) is 45.2 Å². The molecule has 0 aliphatic heterocycles. The number of methoxy groups -OCH3 is 1. The molecule has 0 aliphatic carbocycles. The SMILES string of the molecule is CCc1nc(C(C)(C)OC)nc(CC)c1CCN. The van der Waals surface area contributed by atoms with Gasteiger partial charge in [0.1, 0.15) is 5.60 Å². The summed E-state index contributed by atoms with van der Waals surface area (Å²) in [5.41, 5.74) is 8.66. The molecule has 102 valence electrons. The molecule has 0 amide bonds. The van der Waals surface area contributed by atoms with Gasteiger partial charge in [0.2, 0.25) is 0 Å². The molecule has 0 aliphatic rings. The first-order chi connectivity index (χ1) is 8.50.